The lowest BCUT2D eigenvalue weighted by molar-refractivity contribution is -0.120. The lowest BCUT2D eigenvalue weighted by Gasteiger charge is -2.03. The minimum atomic E-state index is -0.416. The van der Waals surface area contributed by atoms with E-state index in [9.17, 15) is 4.79 Å². The average molecular weight is 280 g/mol. The van der Waals surface area contributed by atoms with Crippen molar-refractivity contribution in [3.63, 3.8) is 0 Å². The lowest BCUT2D eigenvalue weighted by atomic mass is 10.1. The molecule has 1 aromatic heterocycles. The number of nitrogens with one attached hydrogen (secondary N) is 1. The molecule has 1 amide bonds. The second-order valence-corrected chi connectivity index (χ2v) is 4.54. The van der Waals surface area contributed by atoms with Crippen LogP contribution in [0, 0.1) is 18.3 Å². The van der Waals surface area contributed by atoms with E-state index < -0.39 is 5.91 Å². The van der Waals surface area contributed by atoms with E-state index in [1.165, 1.54) is 0 Å². The SMILES string of the molecule is C=CCn1c(C)c(/C=N\NC(=O)CC#N)c2ccccc21. The number of hydrazone groups is 1. The molecule has 1 N–H and O–H groups in total. The Kier molecular flexibility index (Phi) is 4.52. The molecule has 21 heavy (non-hydrogen) atoms. The van der Waals surface area contributed by atoms with E-state index in [-0.39, 0.29) is 6.42 Å². The highest BCUT2D eigenvalue weighted by Crippen LogP contribution is 2.24. The van der Waals surface area contributed by atoms with Gasteiger partial charge in [0.25, 0.3) is 5.91 Å². The van der Waals surface area contributed by atoms with Gasteiger partial charge in [0.2, 0.25) is 0 Å². The Morgan fingerprint density at radius 3 is 3.00 bits per heavy atom. The maximum atomic E-state index is 11.2. The van der Waals surface area contributed by atoms with Crippen molar-refractivity contribution in [2.24, 2.45) is 5.10 Å². The van der Waals surface area contributed by atoms with Gasteiger partial charge in [-0.2, -0.15) is 10.4 Å². The lowest BCUT2D eigenvalue weighted by Crippen LogP contribution is -2.16. The topological polar surface area (TPSA) is 70.2 Å². The molecular weight excluding hydrogens is 264 g/mol. The van der Waals surface area contributed by atoms with Crippen molar-refractivity contribution in [3.8, 4) is 6.07 Å². The number of nitrogens with zero attached hydrogens (tertiary/aromatic N) is 3. The second kappa shape index (κ2) is 6.53. The van der Waals surface area contributed by atoms with E-state index in [4.69, 9.17) is 5.26 Å². The number of carbonyl (C=O) groups is 1. The standard InChI is InChI=1S/C16H16N4O/c1-3-10-20-12(2)14(11-18-19-16(21)8-9-17)13-6-4-5-7-15(13)20/h3-7,11H,1,8,10H2,2H3,(H,19,21)/b18-11-. The molecule has 2 rings (SSSR count). The van der Waals surface area contributed by atoms with Gasteiger partial charge in [-0.1, -0.05) is 24.3 Å². The van der Waals surface area contributed by atoms with Crippen LogP contribution in [0.15, 0.2) is 42.0 Å². The van der Waals surface area contributed by atoms with Crippen molar-refractivity contribution in [1.29, 1.82) is 5.26 Å². The number of para-hydroxylation sites is 1. The van der Waals surface area contributed by atoms with E-state index in [0.717, 1.165) is 22.2 Å². The summed E-state index contributed by atoms with van der Waals surface area (Å²) in [5.41, 5.74) is 5.44. The number of fused-ring (bicyclic) bond motifs is 1. The Labute approximate surface area is 123 Å². The van der Waals surface area contributed by atoms with Crippen molar-refractivity contribution < 1.29 is 4.79 Å². The largest absolute Gasteiger partial charge is 0.340 e. The van der Waals surface area contributed by atoms with Crippen LogP contribution < -0.4 is 5.43 Å². The van der Waals surface area contributed by atoms with E-state index in [1.807, 2.05) is 37.3 Å². The highest BCUT2D eigenvalue weighted by Gasteiger charge is 2.11. The number of nitriles is 1. The molecule has 0 fully saturated rings. The minimum Gasteiger partial charge on any atom is -0.340 e. The number of allylic oxidation sites excluding steroid dienone is 1. The third-order valence-electron chi connectivity index (χ3n) is 3.21. The molecular formula is C16H16N4O. The fourth-order valence-electron chi connectivity index (χ4n) is 2.27. The quantitative estimate of drug-likeness (QED) is 0.519. The molecule has 0 spiro atoms. The number of carbonyl (C=O) groups excluding carboxylic acids is 1. The van der Waals surface area contributed by atoms with Crippen molar-refractivity contribution in [1.82, 2.24) is 9.99 Å². The van der Waals surface area contributed by atoms with Gasteiger partial charge >= 0.3 is 0 Å². The highest BCUT2D eigenvalue weighted by molar-refractivity contribution is 6.01. The number of hydrogen-bond donors (Lipinski definition) is 1. The van der Waals surface area contributed by atoms with Crippen LogP contribution in [-0.2, 0) is 11.3 Å². The molecule has 5 nitrogen and oxygen atoms in total. The normalized spacial score (nSPS) is 10.7. The van der Waals surface area contributed by atoms with Crippen molar-refractivity contribution in [2.75, 3.05) is 0 Å². The number of rotatable bonds is 5. The zero-order valence-corrected chi connectivity index (χ0v) is 11.8. The zero-order valence-electron chi connectivity index (χ0n) is 11.8. The first kappa shape index (κ1) is 14.5. The first-order valence-electron chi connectivity index (χ1n) is 6.56. The van der Waals surface area contributed by atoms with E-state index in [1.54, 1.807) is 12.3 Å². The zero-order chi connectivity index (χ0) is 15.2. The van der Waals surface area contributed by atoms with Crippen LogP contribution in [0.4, 0.5) is 0 Å². The third kappa shape index (κ3) is 3.00. The first-order chi connectivity index (χ1) is 10.2. The molecule has 0 radical (unpaired) electrons. The van der Waals surface area contributed by atoms with Gasteiger partial charge in [-0.05, 0) is 13.0 Å². The van der Waals surface area contributed by atoms with Crippen molar-refractivity contribution in [3.05, 3.63) is 48.2 Å². The summed E-state index contributed by atoms with van der Waals surface area (Å²) in [6.45, 7) is 6.49. The molecule has 2 aromatic rings. The summed E-state index contributed by atoms with van der Waals surface area (Å²) in [5, 5.41) is 13.4. The predicted octanol–water partition coefficient (Wildman–Crippen LogP) is 2.50. The minimum absolute atomic E-state index is 0.200. The molecule has 1 heterocycles. The monoisotopic (exact) mass is 280 g/mol. The molecule has 0 saturated carbocycles. The fourth-order valence-corrected chi connectivity index (χ4v) is 2.27. The molecule has 5 heteroatoms. The molecule has 0 aliphatic heterocycles. The first-order valence-corrected chi connectivity index (χ1v) is 6.56. The molecule has 106 valence electrons. The smallest absolute Gasteiger partial charge is 0.254 e. The fraction of sp³-hybridized carbons (Fsp3) is 0.188. The molecule has 0 atom stereocenters. The maximum Gasteiger partial charge on any atom is 0.254 e. The summed E-state index contributed by atoms with van der Waals surface area (Å²) in [4.78, 5) is 11.2. The summed E-state index contributed by atoms with van der Waals surface area (Å²) in [5.74, 6) is -0.416. The average Bonchev–Trinajstić information content (AvgIpc) is 2.74. The van der Waals surface area contributed by atoms with Crippen molar-refractivity contribution >= 4 is 23.0 Å². The van der Waals surface area contributed by atoms with E-state index in [2.05, 4.69) is 21.7 Å². The summed E-state index contributed by atoms with van der Waals surface area (Å²) in [6, 6.07) is 9.78. The van der Waals surface area contributed by atoms with E-state index >= 15 is 0 Å². The van der Waals surface area contributed by atoms with Crippen LogP contribution in [0.25, 0.3) is 10.9 Å². The number of aromatic nitrogens is 1. The Morgan fingerprint density at radius 2 is 2.29 bits per heavy atom. The number of amides is 1. The Bertz CT molecular complexity index is 749. The van der Waals surface area contributed by atoms with Gasteiger partial charge in [0, 0.05) is 28.7 Å². The molecule has 0 unspecified atom stereocenters. The van der Waals surface area contributed by atoms with Gasteiger partial charge in [-0.15, -0.1) is 6.58 Å². The number of hydrogen-bond acceptors (Lipinski definition) is 3. The van der Waals surface area contributed by atoms with Gasteiger partial charge < -0.3 is 4.57 Å². The second-order valence-electron chi connectivity index (χ2n) is 4.54. The predicted molar refractivity (Wildman–Crippen MR) is 82.8 cm³/mol. The van der Waals surface area contributed by atoms with Gasteiger partial charge in [0.05, 0.1) is 12.3 Å². The molecule has 0 saturated heterocycles. The highest BCUT2D eigenvalue weighted by atomic mass is 16.2. The van der Waals surface area contributed by atoms with Gasteiger partial charge in [0.1, 0.15) is 6.42 Å². The van der Waals surface area contributed by atoms with Crippen molar-refractivity contribution in [2.45, 2.75) is 19.9 Å². The van der Waals surface area contributed by atoms with Crippen LogP contribution >= 0.6 is 0 Å². The molecule has 0 bridgehead atoms. The van der Waals surface area contributed by atoms with Crippen LogP contribution in [0.1, 0.15) is 17.7 Å². The summed E-state index contributed by atoms with van der Waals surface area (Å²) in [6.07, 6.45) is 3.26. The van der Waals surface area contributed by atoms with Gasteiger partial charge in [-0.3, -0.25) is 4.79 Å². The summed E-state index contributed by atoms with van der Waals surface area (Å²) in [7, 11) is 0. The van der Waals surface area contributed by atoms with Crippen LogP contribution in [0.3, 0.4) is 0 Å². The Morgan fingerprint density at radius 1 is 1.52 bits per heavy atom. The molecule has 0 aliphatic carbocycles. The van der Waals surface area contributed by atoms with E-state index in [0.29, 0.717) is 6.54 Å². The van der Waals surface area contributed by atoms with Gasteiger partial charge in [0.15, 0.2) is 0 Å². The third-order valence-corrected chi connectivity index (χ3v) is 3.21. The van der Waals surface area contributed by atoms with Crippen LogP contribution in [0.5, 0.6) is 0 Å². The summed E-state index contributed by atoms with van der Waals surface area (Å²) < 4.78 is 2.14. The van der Waals surface area contributed by atoms with Gasteiger partial charge in [-0.25, -0.2) is 5.43 Å². The number of benzene rings is 1. The molecule has 1 aromatic carbocycles. The summed E-state index contributed by atoms with van der Waals surface area (Å²) >= 11 is 0. The molecule has 0 aliphatic rings. The van der Waals surface area contributed by atoms with Crippen LogP contribution in [0.2, 0.25) is 0 Å². The Hall–Kier alpha value is -2.87. The Balaban J connectivity index is 2.38. The van der Waals surface area contributed by atoms with Crippen LogP contribution in [-0.4, -0.2) is 16.7 Å². The maximum absolute atomic E-state index is 11.2.